The summed E-state index contributed by atoms with van der Waals surface area (Å²) in [4.78, 5) is 12.0. The van der Waals surface area contributed by atoms with Gasteiger partial charge in [0.15, 0.2) is 0 Å². The molecule has 0 aliphatic heterocycles. The molecule has 1 N–H and O–H groups in total. The van der Waals surface area contributed by atoms with Crippen molar-refractivity contribution in [1.29, 1.82) is 0 Å². The first-order valence-corrected chi connectivity index (χ1v) is 6.87. The molecule has 4 nitrogen and oxygen atoms in total. The van der Waals surface area contributed by atoms with E-state index in [0.717, 1.165) is 16.8 Å². The van der Waals surface area contributed by atoms with Crippen molar-refractivity contribution in [2.24, 2.45) is 5.10 Å². The summed E-state index contributed by atoms with van der Waals surface area (Å²) in [6.07, 6.45) is 1.49. The number of benzene rings is 1. The first-order valence-electron chi connectivity index (χ1n) is 6.87. The van der Waals surface area contributed by atoms with Gasteiger partial charge in [-0.2, -0.15) is 5.10 Å². The quantitative estimate of drug-likeness (QED) is 0.690. The van der Waals surface area contributed by atoms with Gasteiger partial charge in [-0.05, 0) is 63.4 Å². The lowest BCUT2D eigenvalue weighted by Crippen LogP contribution is -2.19. The van der Waals surface area contributed by atoms with Crippen LogP contribution >= 0.6 is 0 Å². The first-order chi connectivity index (χ1) is 9.90. The van der Waals surface area contributed by atoms with Crippen LogP contribution in [-0.2, 0) is 0 Å². The van der Waals surface area contributed by atoms with Crippen molar-refractivity contribution >= 4 is 11.6 Å². The van der Waals surface area contributed by atoms with Crippen LogP contribution in [0.5, 0.6) is 0 Å². The van der Waals surface area contributed by atoms with Gasteiger partial charge in [0, 0.05) is 5.56 Å². The summed E-state index contributed by atoms with van der Waals surface area (Å²) in [6.45, 7) is 9.84. The molecular weight excluding hydrogens is 264 g/mol. The smallest absolute Gasteiger partial charge is 0.274 e. The second kappa shape index (κ2) is 5.95. The van der Waals surface area contributed by atoms with Gasteiger partial charge >= 0.3 is 0 Å². The number of hydrogen-bond donors (Lipinski definition) is 1. The molecule has 1 aromatic heterocycles. The molecule has 0 aliphatic rings. The normalized spacial score (nSPS) is 11.6. The van der Waals surface area contributed by atoms with Crippen molar-refractivity contribution in [3.63, 3.8) is 0 Å². The van der Waals surface area contributed by atoms with Crippen LogP contribution in [-0.4, -0.2) is 11.6 Å². The molecule has 1 aromatic carbocycles. The molecule has 1 amide bonds. The minimum absolute atomic E-state index is 0.262. The van der Waals surface area contributed by atoms with Crippen molar-refractivity contribution in [3.8, 4) is 0 Å². The summed E-state index contributed by atoms with van der Waals surface area (Å²) in [5.41, 5.74) is 8.51. The second-order valence-electron chi connectivity index (χ2n) is 5.28. The highest BCUT2D eigenvalue weighted by molar-refractivity contribution is 6.02. The summed E-state index contributed by atoms with van der Waals surface area (Å²) >= 11 is 0. The maximum Gasteiger partial charge on any atom is 0.274 e. The van der Waals surface area contributed by atoms with E-state index in [1.807, 2.05) is 13.8 Å². The third-order valence-electron chi connectivity index (χ3n) is 3.66. The Kier molecular flexibility index (Phi) is 4.26. The lowest BCUT2D eigenvalue weighted by atomic mass is 9.98. The molecule has 110 valence electrons. The first kappa shape index (κ1) is 15.0. The maximum absolute atomic E-state index is 12.0. The van der Waals surface area contributed by atoms with Gasteiger partial charge in [0.2, 0.25) is 0 Å². The Morgan fingerprint density at radius 3 is 2.33 bits per heavy atom. The lowest BCUT2D eigenvalue weighted by Gasteiger charge is -2.09. The average Bonchev–Trinajstić information content (AvgIpc) is 2.86. The van der Waals surface area contributed by atoms with Gasteiger partial charge in [-0.3, -0.25) is 4.79 Å². The number of hydrogen-bond acceptors (Lipinski definition) is 3. The third kappa shape index (κ3) is 3.21. The van der Waals surface area contributed by atoms with E-state index in [-0.39, 0.29) is 5.91 Å². The minimum Gasteiger partial charge on any atom is -0.469 e. The molecule has 2 aromatic rings. The fraction of sp³-hybridized carbons (Fsp3) is 0.294. The number of rotatable bonds is 3. The van der Waals surface area contributed by atoms with Crippen LogP contribution in [0.2, 0.25) is 0 Å². The Morgan fingerprint density at radius 1 is 1.05 bits per heavy atom. The van der Waals surface area contributed by atoms with Gasteiger partial charge in [0.1, 0.15) is 5.76 Å². The predicted molar refractivity (Wildman–Crippen MR) is 83.8 cm³/mol. The number of carbonyl (C=O) groups is 1. The van der Waals surface area contributed by atoms with Gasteiger partial charge in [0.25, 0.3) is 5.91 Å². The van der Waals surface area contributed by atoms with E-state index >= 15 is 0 Å². The molecule has 21 heavy (non-hydrogen) atoms. The largest absolute Gasteiger partial charge is 0.469 e. The van der Waals surface area contributed by atoms with Crippen molar-refractivity contribution in [1.82, 2.24) is 5.43 Å². The molecule has 0 saturated carbocycles. The Bertz CT molecular complexity index is 712. The van der Waals surface area contributed by atoms with Gasteiger partial charge in [-0.15, -0.1) is 0 Å². The molecule has 0 saturated heterocycles. The summed E-state index contributed by atoms with van der Waals surface area (Å²) in [7, 11) is 0. The average molecular weight is 284 g/mol. The Morgan fingerprint density at radius 2 is 1.71 bits per heavy atom. The van der Waals surface area contributed by atoms with Crippen LogP contribution in [0.3, 0.4) is 0 Å². The van der Waals surface area contributed by atoms with Crippen LogP contribution in [0.15, 0.2) is 34.0 Å². The standard InChI is InChI=1S/C17H20N2O2/c1-10-8-12(3)16(9-11(10)2)13(4)18-19-17(20)15-6-7-21-14(15)5/h6-9H,1-5H3,(H,19,20)/b18-13-. The van der Waals surface area contributed by atoms with Crippen LogP contribution in [0.4, 0.5) is 0 Å². The van der Waals surface area contributed by atoms with Crippen LogP contribution in [0.25, 0.3) is 0 Å². The molecule has 0 bridgehead atoms. The Labute approximate surface area is 124 Å². The highest BCUT2D eigenvalue weighted by atomic mass is 16.3. The van der Waals surface area contributed by atoms with Crippen molar-refractivity contribution in [2.45, 2.75) is 34.6 Å². The number of amides is 1. The number of aryl methyl sites for hydroxylation is 4. The molecule has 0 atom stereocenters. The molecular formula is C17H20N2O2. The van der Waals surface area contributed by atoms with E-state index in [9.17, 15) is 4.79 Å². The van der Waals surface area contributed by atoms with E-state index in [2.05, 4.69) is 36.5 Å². The zero-order valence-corrected chi connectivity index (χ0v) is 13.1. The topological polar surface area (TPSA) is 54.6 Å². The SMILES string of the molecule is C/C(=N/NC(=O)c1ccoc1C)c1cc(C)c(C)cc1C. The van der Waals surface area contributed by atoms with Crippen molar-refractivity contribution in [3.05, 3.63) is 58.0 Å². The summed E-state index contributed by atoms with van der Waals surface area (Å²) in [5.74, 6) is 0.324. The fourth-order valence-electron chi connectivity index (χ4n) is 2.23. The lowest BCUT2D eigenvalue weighted by molar-refractivity contribution is 0.0953. The van der Waals surface area contributed by atoms with Crippen LogP contribution in [0, 0.1) is 27.7 Å². The monoisotopic (exact) mass is 284 g/mol. The number of nitrogens with one attached hydrogen (secondary N) is 1. The summed E-state index contributed by atoms with van der Waals surface area (Å²) in [5, 5.41) is 4.20. The Balaban J connectivity index is 2.20. The molecule has 0 radical (unpaired) electrons. The molecule has 0 spiro atoms. The second-order valence-corrected chi connectivity index (χ2v) is 5.28. The molecule has 0 unspecified atom stereocenters. The number of nitrogens with zero attached hydrogens (tertiary/aromatic N) is 1. The van der Waals surface area contributed by atoms with Gasteiger partial charge in [-0.1, -0.05) is 6.07 Å². The number of hydrazone groups is 1. The van der Waals surface area contributed by atoms with Crippen LogP contribution in [0.1, 0.15) is 45.3 Å². The van der Waals surface area contributed by atoms with Crippen molar-refractivity contribution < 1.29 is 9.21 Å². The summed E-state index contributed by atoms with van der Waals surface area (Å²) < 4.78 is 5.12. The highest BCUT2D eigenvalue weighted by Gasteiger charge is 2.11. The van der Waals surface area contributed by atoms with E-state index in [1.165, 1.54) is 17.4 Å². The zero-order valence-electron chi connectivity index (χ0n) is 13.1. The number of furan rings is 1. The van der Waals surface area contributed by atoms with Gasteiger partial charge < -0.3 is 4.42 Å². The van der Waals surface area contributed by atoms with Crippen molar-refractivity contribution in [2.75, 3.05) is 0 Å². The van der Waals surface area contributed by atoms with E-state index in [1.54, 1.807) is 13.0 Å². The zero-order chi connectivity index (χ0) is 15.6. The van der Waals surface area contributed by atoms with E-state index in [4.69, 9.17) is 4.42 Å². The predicted octanol–water partition coefficient (Wildman–Crippen LogP) is 3.67. The molecule has 4 heteroatoms. The van der Waals surface area contributed by atoms with E-state index in [0.29, 0.717) is 11.3 Å². The highest BCUT2D eigenvalue weighted by Crippen LogP contribution is 2.16. The van der Waals surface area contributed by atoms with Crippen LogP contribution < -0.4 is 5.43 Å². The molecule has 2 rings (SSSR count). The summed E-state index contributed by atoms with van der Waals surface area (Å²) in [6, 6.07) is 5.86. The Hall–Kier alpha value is -2.36. The third-order valence-corrected chi connectivity index (χ3v) is 3.66. The maximum atomic E-state index is 12.0. The van der Waals surface area contributed by atoms with E-state index < -0.39 is 0 Å². The fourth-order valence-corrected chi connectivity index (χ4v) is 2.23. The molecule has 0 aliphatic carbocycles. The molecule has 1 heterocycles. The minimum atomic E-state index is -0.262. The molecule has 0 fully saturated rings. The van der Waals surface area contributed by atoms with Gasteiger partial charge in [-0.25, -0.2) is 5.43 Å². The van der Waals surface area contributed by atoms with Gasteiger partial charge in [0.05, 0.1) is 17.5 Å². The number of carbonyl (C=O) groups excluding carboxylic acids is 1.